The van der Waals surface area contributed by atoms with Gasteiger partial charge in [0.15, 0.2) is 0 Å². The minimum Gasteiger partial charge on any atom is -0.378 e. The molecule has 0 aliphatic rings. The van der Waals surface area contributed by atoms with Crippen LogP contribution in [0, 0.1) is 0 Å². The van der Waals surface area contributed by atoms with E-state index in [1.165, 1.54) is 34.9 Å². The summed E-state index contributed by atoms with van der Waals surface area (Å²) < 4.78 is 1.27. The molecular weight excluding hydrogens is 285 g/mol. The van der Waals surface area contributed by atoms with Gasteiger partial charge in [-0.05, 0) is 41.4 Å². The van der Waals surface area contributed by atoms with Crippen molar-refractivity contribution in [1.82, 2.24) is 0 Å². The Kier molecular flexibility index (Phi) is 5.30. The minimum absolute atomic E-state index is 1.22. The molecule has 1 nitrogen and oxygen atoms in total. The van der Waals surface area contributed by atoms with Crippen molar-refractivity contribution >= 4 is 28.3 Å². The molecule has 0 radical (unpaired) electrons. The molecule has 2 heteroatoms. The molecule has 0 bridgehead atoms. The summed E-state index contributed by atoms with van der Waals surface area (Å²) in [5.41, 5.74) is 2.74. The third-order valence-electron chi connectivity index (χ3n) is 2.30. The van der Waals surface area contributed by atoms with Gasteiger partial charge in [-0.25, -0.2) is 0 Å². The van der Waals surface area contributed by atoms with Crippen molar-refractivity contribution in [3.8, 4) is 0 Å². The number of halogens is 1. The Hall–Kier alpha value is -0.250. The molecule has 0 saturated heterocycles. The zero-order valence-corrected chi connectivity index (χ0v) is 11.1. The van der Waals surface area contributed by atoms with Crippen LogP contribution in [0.25, 0.3) is 0 Å². The summed E-state index contributed by atoms with van der Waals surface area (Å²) in [6.45, 7) is 0. The SMILES string of the molecule is CN(C)c1ccc(CCCCI)cc1. The van der Waals surface area contributed by atoms with Crippen molar-refractivity contribution in [1.29, 1.82) is 0 Å². The van der Waals surface area contributed by atoms with Gasteiger partial charge in [0.25, 0.3) is 0 Å². The van der Waals surface area contributed by atoms with Crippen LogP contribution in [0.2, 0.25) is 0 Å². The van der Waals surface area contributed by atoms with Crippen LogP contribution in [0.15, 0.2) is 24.3 Å². The molecule has 0 aliphatic heterocycles. The quantitative estimate of drug-likeness (QED) is 0.457. The maximum atomic E-state index is 2.44. The summed E-state index contributed by atoms with van der Waals surface area (Å²) in [6, 6.07) is 8.86. The van der Waals surface area contributed by atoms with Gasteiger partial charge < -0.3 is 4.90 Å². The van der Waals surface area contributed by atoms with E-state index < -0.39 is 0 Å². The van der Waals surface area contributed by atoms with Gasteiger partial charge in [0, 0.05) is 19.8 Å². The van der Waals surface area contributed by atoms with Gasteiger partial charge >= 0.3 is 0 Å². The van der Waals surface area contributed by atoms with E-state index in [1.54, 1.807) is 0 Å². The zero-order valence-electron chi connectivity index (χ0n) is 8.96. The van der Waals surface area contributed by atoms with Gasteiger partial charge in [0.05, 0.1) is 0 Å². The predicted molar refractivity (Wildman–Crippen MR) is 72.6 cm³/mol. The minimum atomic E-state index is 1.22. The van der Waals surface area contributed by atoms with E-state index in [2.05, 4.69) is 65.9 Å². The molecule has 0 spiro atoms. The molecule has 1 aromatic rings. The fourth-order valence-corrected chi connectivity index (χ4v) is 1.92. The fourth-order valence-electron chi connectivity index (χ4n) is 1.38. The molecule has 0 amide bonds. The largest absolute Gasteiger partial charge is 0.378 e. The van der Waals surface area contributed by atoms with E-state index in [4.69, 9.17) is 0 Å². The lowest BCUT2D eigenvalue weighted by Gasteiger charge is -2.12. The molecule has 0 aromatic heterocycles. The Balaban J connectivity index is 2.47. The number of aryl methyl sites for hydroxylation is 1. The highest BCUT2D eigenvalue weighted by molar-refractivity contribution is 14.1. The Morgan fingerprint density at radius 1 is 1.07 bits per heavy atom. The first-order valence-corrected chi connectivity index (χ1v) is 6.59. The zero-order chi connectivity index (χ0) is 10.4. The van der Waals surface area contributed by atoms with Crippen molar-refractivity contribution in [2.45, 2.75) is 19.3 Å². The van der Waals surface area contributed by atoms with Crippen LogP contribution in [-0.4, -0.2) is 18.5 Å². The van der Waals surface area contributed by atoms with E-state index in [9.17, 15) is 0 Å². The molecule has 0 atom stereocenters. The smallest absolute Gasteiger partial charge is 0.0361 e. The monoisotopic (exact) mass is 303 g/mol. The lowest BCUT2D eigenvalue weighted by molar-refractivity contribution is 0.809. The van der Waals surface area contributed by atoms with Crippen LogP contribution in [0.5, 0.6) is 0 Å². The summed E-state index contributed by atoms with van der Waals surface area (Å²) in [6.07, 6.45) is 3.86. The molecule has 1 aromatic carbocycles. The number of hydrogen-bond donors (Lipinski definition) is 0. The van der Waals surface area contributed by atoms with Crippen molar-refractivity contribution in [3.05, 3.63) is 29.8 Å². The number of hydrogen-bond acceptors (Lipinski definition) is 1. The van der Waals surface area contributed by atoms with Crippen molar-refractivity contribution in [2.75, 3.05) is 23.4 Å². The molecule has 0 aliphatic carbocycles. The second kappa shape index (κ2) is 6.27. The molecule has 0 heterocycles. The molecule has 1 rings (SSSR count). The highest BCUT2D eigenvalue weighted by Gasteiger charge is 1.95. The van der Waals surface area contributed by atoms with Gasteiger partial charge in [0.2, 0.25) is 0 Å². The lowest BCUT2D eigenvalue weighted by atomic mass is 10.1. The number of anilines is 1. The van der Waals surface area contributed by atoms with Gasteiger partial charge in [-0.1, -0.05) is 34.7 Å². The molecule has 0 unspecified atom stereocenters. The summed E-state index contributed by atoms with van der Waals surface area (Å²) >= 11 is 2.44. The first-order chi connectivity index (χ1) is 6.74. The second-order valence-electron chi connectivity index (χ2n) is 3.71. The number of unbranched alkanes of at least 4 members (excludes halogenated alkanes) is 1. The van der Waals surface area contributed by atoms with Gasteiger partial charge in [-0.2, -0.15) is 0 Å². The van der Waals surface area contributed by atoms with E-state index in [-0.39, 0.29) is 0 Å². The summed E-state index contributed by atoms with van der Waals surface area (Å²) in [7, 11) is 4.15. The predicted octanol–water partition coefficient (Wildman–Crippen LogP) is 3.51. The van der Waals surface area contributed by atoms with Crippen LogP contribution < -0.4 is 4.90 Å². The molecule has 0 saturated carbocycles. The van der Waals surface area contributed by atoms with E-state index in [0.717, 1.165) is 0 Å². The highest BCUT2D eigenvalue weighted by atomic mass is 127. The normalized spacial score (nSPS) is 10.2. The highest BCUT2D eigenvalue weighted by Crippen LogP contribution is 2.13. The van der Waals surface area contributed by atoms with Crippen LogP contribution in [0.1, 0.15) is 18.4 Å². The van der Waals surface area contributed by atoms with E-state index in [1.807, 2.05) is 0 Å². The van der Waals surface area contributed by atoms with Crippen LogP contribution in [0.4, 0.5) is 5.69 Å². The Morgan fingerprint density at radius 2 is 1.71 bits per heavy atom. The first kappa shape index (κ1) is 11.8. The molecule has 14 heavy (non-hydrogen) atoms. The average Bonchev–Trinajstić information content (AvgIpc) is 2.19. The second-order valence-corrected chi connectivity index (χ2v) is 4.79. The summed E-state index contributed by atoms with van der Waals surface area (Å²) in [5, 5.41) is 0. The standard InChI is InChI=1S/C12H18IN/c1-14(2)12-8-6-11(7-9-12)5-3-4-10-13/h6-9H,3-5,10H2,1-2H3. The Labute approximate surface area is 101 Å². The van der Waals surface area contributed by atoms with Gasteiger partial charge in [0.1, 0.15) is 0 Å². The van der Waals surface area contributed by atoms with E-state index >= 15 is 0 Å². The third kappa shape index (κ3) is 3.86. The number of nitrogens with zero attached hydrogens (tertiary/aromatic N) is 1. The van der Waals surface area contributed by atoms with Crippen molar-refractivity contribution in [3.63, 3.8) is 0 Å². The first-order valence-electron chi connectivity index (χ1n) is 5.06. The van der Waals surface area contributed by atoms with Gasteiger partial charge in [-0.15, -0.1) is 0 Å². The Morgan fingerprint density at radius 3 is 2.21 bits per heavy atom. The molecule has 0 fully saturated rings. The summed E-state index contributed by atoms with van der Waals surface area (Å²) in [4.78, 5) is 2.13. The molecule has 0 N–H and O–H groups in total. The Bertz CT molecular complexity index is 254. The average molecular weight is 303 g/mol. The number of alkyl halides is 1. The molecular formula is C12H18IN. The van der Waals surface area contributed by atoms with E-state index in [0.29, 0.717) is 0 Å². The maximum absolute atomic E-state index is 2.44. The van der Waals surface area contributed by atoms with Crippen LogP contribution in [0.3, 0.4) is 0 Å². The third-order valence-corrected chi connectivity index (χ3v) is 3.06. The fraction of sp³-hybridized carbons (Fsp3) is 0.500. The number of benzene rings is 1. The lowest BCUT2D eigenvalue weighted by Crippen LogP contribution is -2.08. The van der Waals surface area contributed by atoms with Crippen molar-refractivity contribution in [2.24, 2.45) is 0 Å². The topological polar surface area (TPSA) is 3.24 Å². The molecule has 78 valence electrons. The maximum Gasteiger partial charge on any atom is 0.0361 e. The van der Waals surface area contributed by atoms with Gasteiger partial charge in [-0.3, -0.25) is 0 Å². The van der Waals surface area contributed by atoms with Crippen LogP contribution in [-0.2, 0) is 6.42 Å². The van der Waals surface area contributed by atoms with Crippen LogP contribution >= 0.6 is 22.6 Å². The van der Waals surface area contributed by atoms with Crippen molar-refractivity contribution < 1.29 is 0 Å². The summed E-state index contributed by atoms with van der Waals surface area (Å²) in [5.74, 6) is 0. The number of rotatable bonds is 5.